The molecule has 0 aromatic heterocycles. The molecule has 1 fully saturated rings. The van der Waals surface area contributed by atoms with Crippen molar-refractivity contribution in [1.29, 1.82) is 0 Å². The van der Waals surface area contributed by atoms with E-state index in [1.165, 1.54) is 0 Å². The average Bonchev–Trinajstić information content (AvgIpc) is 3.48. The van der Waals surface area contributed by atoms with Crippen LogP contribution in [0.2, 0.25) is 0 Å². The van der Waals surface area contributed by atoms with Gasteiger partial charge in [-0.25, -0.2) is 4.79 Å². The normalized spacial score (nSPS) is 18.0. The maximum atomic E-state index is 13.4. The maximum Gasteiger partial charge on any atom is 0.326 e. The van der Waals surface area contributed by atoms with Crippen molar-refractivity contribution in [2.24, 2.45) is 17.4 Å². The van der Waals surface area contributed by atoms with Crippen LogP contribution in [0.25, 0.3) is 0 Å². The van der Waals surface area contributed by atoms with Gasteiger partial charge in [-0.05, 0) is 38.5 Å². The van der Waals surface area contributed by atoms with Gasteiger partial charge in [0.25, 0.3) is 0 Å². The van der Waals surface area contributed by atoms with Crippen molar-refractivity contribution in [2.75, 3.05) is 6.54 Å². The van der Waals surface area contributed by atoms with Crippen LogP contribution in [0.4, 0.5) is 0 Å². The summed E-state index contributed by atoms with van der Waals surface area (Å²) in [6.45, 7) is 4.40. The molecular formula is C28H45N7O13. The van der Waals surface area contributed by atoms with Crippen molar-refractivity contribution >= 4 is 53.4 Å². The number of aliphatic hydroxyl groups is 1. The van der Waals surface area contributed by atoms with E-state index in [-0.39, 0.29) is 13.0 Å². The van der Waals surface area contributed by atoms with Gasteiger partial charge in [-0.1, -0.05) is 13.8 Å². The van der Waals surface area contributed by atoms with E-state index in [0.29, 0.717) is 6.42 Å². The molecule has 1 aliphatic heterocycles. The highest BCUT2D eigenvalue weighted by molar-refractivity contribution is 5.97. The lowest BCUT2D eigenvalue weighted by atomic mass is 10.0. The van der Waals surface area contributed by atoms with Gasteiger partial charge < -0.3 is 58.1 Å². The minimum absolute atomic E-state index is 0.0361. The maximum absolute atomic E-state index is 13.4. The summed E-state index contributed by atoms with van der Waals surface area (Å²) in [5, 5.41) is 47.1. The number of hydrogen-bond acceptors (Lipinski definition) is 11. The summed E-state index contributed by atoms with van der Waals surface area (Å²) in [4.78, 5) is 112. The number of nitrogens with zero attached hydrogens (tertiary/aromatic N) is 1. The second-order valence-corrected chi connectivity index (χ2v) is 11.7. The van der Waals surface area contributed by atoms with Crippen LogP contribution in [0.5, 0.6) is 0 Å². The first-order valence-corrected chi connectivity index (χ1v) is 15.2. The summed E-state index contributed by atoms with van der Waals surface area (Å²) in [5.41, 5.74) is 11.0. The summed E-state index contributed by atoms with van der Waals surface area (Å²) in [5.74, 6) is -10.7. The molecule has 20 nitrogen and oxygen atoms in total. The molecule has 0 aromatic rings. The fourth-order valence-corrected chi connectivity index (χ4v) is 4.70. The van der Waals surface area contributed by atoms with Gasteiger partial charge in [0.1, 0.15) is 30.2 Å². The largest absolute Gasteiger partial charge is 0.481 e. The number of hydrogen-bond donors (Lipinski definition) is 10. The number of carboxylic acids is 3. The molecule has 6 amide bonds. The molecule has 0 bridgehead atoms. The molecule has 0 saturated carbocycles. The molecule has 1 heterocycles. The zero-order valence-corrected chi connectivity index (χ0v) is 26.8. The van der Waals surface area contributed by atoms with Crippen molar-refractivity contribution in [3.8, 4) is 0 Å². The molecule has 12 N–H and O–H groups in total. The van der Waals surface area contributed by atoms with Crippen molar-refractivity contribution in [2.45, 2.75) is 108 Å². The lowest BCUT2D eigenvalue weighted by molar-refractivity contribution is -0.150. The molecule has 0 aromatic carbocycles. The van der Waals surface area contributed by atoms with E-state index < -0.39 is 134 Å². The van der Waals surface area contributed by atoms with Crippen molar-refractivity contribution in [1.82, 2.24) is 26.2 Å². The number of likely N-dealkylation sites (tertiary alicyclic amines) is 1. The topological polar surface area (TPSA) is 338 Å². The number of nitrogens with one attached hydrogen (secondary N) is 4. The van der Waals surface area contributed by atoms with Crippen molar-refractivity contribution in [3.63, 3.8) is 0 Å². The third kappa shape index (κ3) is 13.1. The number of aliphatic hydroxyl groups excluding tert-OH is 1. The molecule has 48 heavy (non-hydrogen) atoms. The van der Waals surface area contributed by atoms with Crippen molar-refractivity contribution < 1.29 is 63.6 Å². The van der Waals surface area contributed by atoms with E-state index in [1.54, 1.807) is 13.8 Å². The summed E-state index contributed by atoms with van der Waals surface area (Å²) < 4.78 is 0. The number of rotatable bonds is 20. The Bertz CT molecular complexity index is 1240. The summed E-state index contributed by atoms with van der Waals surface area (Å²) in [6.07, 6.45) is -4.19. The van der Waals surface area contributed by atoms with E-state index >= 15 is 0 Å². The predicted octanol–water partition coefficient (Wildman–Crippen LogP) is -4.03. The van der Waals surface area contributed by atoms with Gasteiger partial charge >= 0.3 is 17.9 Å². The van der Waals surface area contributed by atoms with Crippen LogP contribution in [0, 0.1) is 5.92 Å². The first kappa shape index (κ1) is 41.2. The molecule has 7 unspecified atom stereocenters. The highest BCUT2D eigenvalue weighted by atomic mass is 16.4. The van der Waals surface area contributed by atoms with Gasteiger partial charge in [0, 0.05) is 19.4 Å². The Labute approximate surface area is 275 Å². The Morgan fingerprint density at radius 1 is 0.750 bits per heavy atom. The number of aliphatic carboxylic acids is 3. The Hall–Kier alpha value is -4.85. The zero-order valence-electron chi connectivity index (χ0n) is 26.8. The smallest absolute Gasteiger partial charge is 0.326 e. The Morgan fingerprint density at radius 2 is 1.25 bits per heavy atom. The highest BCUT2D eigenvalue weighted by Gasteiger charge is 2.40. The predicted molar refractivity (Wildman–Crippen MR) is 162 cm³/mol. The van der Waals surface area contributed by atoms with E-state index in [2.05, 4.69) is 21.3 Å². The molecule has 1 saturated heterocycles. The molecular weight excluding hydrogens is 642 g/mol. The van der Waals surface area contributed by atoms with E-state index in [4.69, 9.17) is 11.5 Å². The molecule has 7 atom stereocenters. The van der Waals surface area contributed by atoms with Gasteiger partial charge in [-0.3, -0.25) is 38.4 Å². The quantitative estimate of drug-likeness (QED) is 0.0583. The average molecular weight is 688 g/mol. The van der Waals surface area contributed by atoms with Crippen LogP contribution in [0.1, 0.15) is 65.7 Å². The molecule has 20 heteroatoms. The summed E-state index contributed by atoms with van der Waals surface area (Å²) >= 11 is 0. The van der Waals surface area contributed by atoms with Crippen LogP contribution in [0.3, 0.4) is 0 Å². The molecule has 0 radical (unpaired) electrons. The molecule has 270 valence electrons. The minimum Gasteiger partial charge on any atom is -0.481 e. The van der Waals surface area contributed by atoms with Gasteiger partial charge in [0.2, 0.25) is 35.4 Å². The first-order chi connectivity index (χ1) is 22.3. The minimum atomic E-state index is -1.74. The molecule has 1 aliphatic rings. The highest BCUT2D eigenvalue weighted by Crippen LogP contribution is 2.19. The molecule has 0 spiro atoms. The summed E-state index contributed by atoms with van der Waals surface area (Å²) in [7, 11) is 0. The van der Waals surface area contributed by atoms with E-state index in [0.717, 1.165) is 11.8 Å². The lowest BCUT2D eigenvalue weighted by Gasteiger charge is -2.30. The number of amides is 6. The number of nitrogens with two attached hydrogens (primary N) is 2. The van der Waals surface area contributed by atoms with E-state index in [9.17, 15) is 63.6 Å². The Balaban J connectivity index is 3.29. The zero-order chi connectivity index (χ0) is 36.9. The van der Waals surface area contributed by atoms with Crippen LogP contribution in [-0.4, -0.2) is 128 Å². The van der Waals surface area contributed by atoms with Crippen molar-refractivity contribution in [3.05, 3.63) is 0 Å². The van der Waals surface area contributed by atoms with Gasteiger partial charge in [0.15, 0.2) is 0 Å². The SMILES string of the molecule is CC(C)C(N)C(=O)NC(CC(=O)O)C(=O)NC(CCC(=O)O)C(=O)NC(CCC(N)=O)C(=O)NC(C(=O)N1CCCC1C(=O)O)C(C)O. The number of carbonyl (C=O) groups excluding carboxylic acids is 6. The Morgan fingerprint density at radius 3 is 1.71 bits per heavy atom. The summed E-state index contributed by atoms with van der Waals surface area (Å²) in [6, 6.07) is -9.12. The van der Waals surface area contributed by atoms with E-state index in [1.807, 2.05) is 0 Å². The second-order valence-electron chi connectivity index (χ2n) is 11.7. The van der Waals surface area contributed by atoms with Crippen LogP contribution in [-0.2, 0) is 43.2 Å². The molecule has 1 rings (SSSR count). The number of carbonyl (C=O) groups is 9. The number of primary amides is 1. The van der Waals surface area contributed by atoms with Gasteiger partial charge in [-0.15, -0.1) is 0 Å². The lowest BCUT2D eigenvalue weighted by Crippen LogP contribution is -2.61. The number of carboxylic acid groups (broad SMARTS) is 3. The van der Waals surface area contributed by atoms with Crippen LogP contribution in [0.15, 0.2) is 0 Å². The fraction of sp³-hybridized carbons (Fsp3) is 0.679. The third-order valence-corrected chi connectivity index (χ3v) is 7.49. The van der Waals surface area contributed by atoms with Gasteiger partial charge in [0.05, 0.1) is 18.6 Å². The molecule has 0 aliphatic carbocycles. The van der Waals surface area contributed by atoms with Gasteiger partial charge in [-0.2, -0.15) is 0 Å². The van der Waals surface area contributed by atoms with Crippen LogP contribution < -0.4 is 32.7 Å². The second kappa shape index (κ2) is 19.1. The third-order valence-electron chi connectivity index (χ3n) is 7.49. The van der Waals surface area contributed by atoms with Crippen LogP contribution >= 0.6 is 0 Å². The fourth-order valence-electron chi connectivity index (χ4n) is 4.70. The monoisotopic (exact) mass is 687 g/mol. The standard InChI is InChI=1S/C28H45N7O13/c1-12(2)21(30)26(45)33-16(11-20(40)41)25(44)32-15(7-9-19(38)39)23(42)31-14(6-8-18(29)37)24(43)34-22(13(3)36)27(46)35-10-4-5-17(35)28(47)48/h12-17,21-22,36H,4-11,30H2,1-3H3,(H2,29,37)(H,31,42)(H,32,44)(H,33,45)(H,34,43)(H,38,39)(H,40,41)(H,47,48). The first-order valence-electron chi connectivity index (χ1n) is 15.2. The Kier molecular flexibility index (Phi) is 16.4.